The first-order chi connectivity index (χ1) is 7.75. The van der Waals surface area contributed by atoms with Gasteiger partial charge in [0.1, 0.15) is 5.75 Å². The van der Waals surface area contributed by atoms with Gasteiger partial charge in [-0.25, -0.2) is 9.97 Å². The molecule has 16 heavy (non-hydrogen) atoms. The Bertz CT molecular complexity index is 457. The lowest BCUT2D eigenvalue weighted by Gasteiger charge is -2.08. The van der Waals surface area contributed by atoms with E-state index in [-0.39, 0.29) is 6.04 Å². The van der Waals surface area contributed by atoms with Crippen LogP contribution in [0.15, 0.2) is 42.7 Å². The van der Waals surface area contributed by atoms with Crippen molar-refractivity contribution < 1.29 is 4.74 Å². The first-order valence-electron chi connectivity index (χ1n) is 5.06. The van der Waals surface area contributed by atoms with Crippen molar-refractivity contribution in [1.29, 1.82) is 0 Å². The second-order valence-corrected chi connectivity index (χ2v) is 3.49. The highest BCUT2D eigenvalue weighted by atomic mass is 16.5. The summed E-state index contributed by atoms with van der Waals surface area (Å²) < 4.78 is 5.49. The van der Waals surface area contributed by atoms with Crippen LogP contribution in [0.25, 0.3) is 0 Å². The Labute approximate surface area is 94.1 Å². The topological polar surface area (TPSA) is 61.0 Å². The Morgan fingerprint density at radius 3 is 2.62 bits per heavy atom. The highest BCUT2D eigenvalue weighted by Crippen LogP contribution is 2.20. The van der Waals surface area contributed by atoms with E-state index in [0.717, 1.165) is 5.56 Å². The van der Waals surface area contributed by atoms with Crippen molar-refractivity contribution >= 4 is 0 Å². The van der Waals surface area contributed by atoms with Crippen LogP contribution < -0.4 is 10.5 Å². The molecule has 82 valence electrons. The van der Waals surface area contributed by atoms with Crippen molar-refractivity contribution in [2.45, 2.75) is 13.0 Å². The normalized spacial score (nSPS) is 12.1. The average Bonchev–Trinajstić information content (AvgIpc) is 2.30. The molecule has 1 atom stereocenters. The summed E-state index contributed by atoms with van der Waals surface area (Å²) in [6.07, 6.45) is 3.27. The molecule has 4 nitrogen and oxygen atoms in total. The third-order valence-corrected chi connectivity index (χ3v) is 2.14. The summed E-state index contributed by atoms with van der Waals surface area (Å²) in [7, 11) is 0. The van der Waals surface area contributed by atoms with Crippen molar-refractivity contribution in [1.82, 2.24) is 9.97 Å². The standard InChI is InChI=1S/C12H13N3O/c1-9(13)10-4-2-5-11(8-10)16-12-14-6-3-7-15-12/h2-9H,13H2,1H3/t9-/m0/s1. The highest BCUT2D eigenvalue weighted by Gasteiger charge is 2.03. The fourth-order valence-corrected chi connectivity index (χ4v) is 1.30. The maximum atomic E-state index is 5.79. The lowest BCUT2D eigenvalue weighted by Crippen LogP contribution is -2.04. The number of hydrogen-bond acceptors (Lipinski definition) is 4. The van der Waals surface area contributed by atoms with Crippen LogP contribution in [-0.2, 0) is 0 Å². The second-order valence-electron chi connectivity index (χ2n) is 3.49. The van der Waals surface area contributed by atoms with Crippen molar-refractivity contribution in [3.8, 4) is 11.8 Å². The molecule has 2 N–H and O–H groups in total. The van der Waals surface area contributed by atoms with Crippen LogP contribution in [-0.4, -0.2) is 9.97 Å². The zero-order valence-electron chi connectivity index (χ0n) is 9.00. The zero-order valence-corrected chi connectivity index (χ0v) is 9.00. The summed E-state index contributed by atoms with van der Waals surface area (Å²) in [5.41, 5.74) is 6.81. The van der Waals surface area contributed by atoms with Crippen LogP contribution in [0.4, 0.5) is 0 Å². The lowest BCUT2D eigenvalue weighted by atomic mass is 10.1. The Morgan fingerprint density at radius 2 is 1.94 bits per heavy atom. The second kappa shape index (κ2) is 4.72. The molecule has 0 bridgehead atoms. The highest BCUT2D eigenvalue weighted by molar-refractivity contribution is 5.31. The van der Waals surface area contributed by atoms with E-state index in [4.69, 9.17) is 10.5 Å². The Hall–Kier alpha value is -1.94. The molecule has 0 spiro atoms. The quantitative estimate of drug-likeness (QED) is 0.853. The summed E-state index contributed by atoms with van der Waals surface area (Å²) in [6.45, 7) is 1.93. The number of nitrogens with two attached hydrogens (primary N) is 1. The van der Waals surface area contributed by atoms with Gasteiger partial charge in [-0.1, -0.05) is 12.1 Å². The smallest absolute Gasteiger partial charge is 0.321 e. The van der Waals surface area contributed by atoms with Gasteiger partial charge in [-0.05, 0) is 30.7 Å². The maximum Gasteiger partial charge on any atom is 0.321 e. The van der Waals surface area contributed by atoms with E-state index >= 15 is 0 Å². The largest absolute Gasteiger partial charge is 0.424 e. The molecule has 0 saturated heterocycles. The molecule has 0 amide bonds. The number of ether oxygens (including phenoxy) is 1. The minimum absolute atomic E-state index is 0.0137. The molecule has 2 aromatic rings. The van der Waals surface area contributed by atoms with Crippen molar-refractivity contribution in [3.05, 3.63) is 48.3 Å². The van der Waals surface area contributed by atoms with E-state index in [1.54, 1.807) is 18.5 Å². The Balaban J connectivity index is 2.19. The zero-order chi connectivity index (χ0) is 11.4. The van der Waals surface area contributed by atoms with Crippen LogP contribution in [0, 0.1) is 0 Å². The summed E-state index contributed by atoms with van der Waals surface area (Å²) in [6, 6.07) is 9.67. The predicted octanol–water partition coefficient (Wildman–Crippen LogP) is 2.29. The molecule has 1 heterocycles. The molecule has 0 unspecified atom stereocenters. The van der Waals surface area contributed by atoms with E-state index in [9.17, 15) is 0 Å². The molecule has 0 saturated carbocycles. The Kier molecular flexibility index (Phi) is 3.12. The summed E-state index contributed by atoms with van der Waals surface area (Å²) in [5.74, 6) is 0.695. The van der Waals surface area contributed by atoms with Gasteiger partial charge in [0.05, 0.1) is 0 Å². The van der Waals surface area contributed by atoms with E-state index in [1.807, 2.05) is 31.2 Å². The molecule has 4 heteroatoms. The minimum atomic E-state index is -0.0137. The van der Waals surface area contributed by atoms with E-state index < -0.39 is 0 Å². The molecule has 0 radical (unpaired) electrons. The van der Waals surface area contributed by atoms with E-state index in [2.05, 4.69) is 9.97 Å². The van der Waals surface area contributed by atoms with Gasteiger partial charge in [0.15, 0.2) is 0 Å². The van der Waals surface area contributed by atoms with Gasteiger partial charge in [0.2, 0.25) is 0 Å². The third-order valence-electron chi connectivity index (χ3n) is 2.14. The van der Waals surface area contributed by atoms with Gasteiger partial charge >= 0.3 is 6.01 Å². The van der Waals surface area contributed by atoms with Crippen LogP contribution in [0.2, 0.25) is 0 Å². The van der Waals surface area contributed by atoms with Gasteiger partial charge in [-0.3, -0.25) is 0 Å². The molecule has 1 aromatic heterocycles. The minimum Gasteiger partial charge on any atom is -0.424 e. The fourth-order valence-electron chi connectivity index (χ4n) is 1.30. The maximum absolute atomic E-state index is 5.79. The number of hydrogen-bond donors (Lipinski definition) is 1. The molecule has 0 aliphatic carbocycles. The van der Waals surface area contributed by atoms with Crippen LogP contribution in [0.3, 0.4) is 0 Å². The molecular formula is C12H13N3O. The van der Waals surface area contributed by atoms with Gasteiger partial charge in [-0.15, -0.1) is 0 Å². The predicted molar refractivity (Wildman–Crippen MR) is 61.2 cm³/mol. The van der Waals surface area contributed by atoms with Gasteiger partial charge in [0.25, 0.3) is 0 Å². The van der Waals surface area contributed by atoms with E-state index in [1.165, 1.54) is 0 Å². The third kappa shape index (κ3) is 2.55. The van der Waals surface area contributed by atoms with Crippen molar-refractivity contribution in [3.63, 3.8) is 0 Å². The van der Waals surface area contributed by atoms with Gasteiger partial charge in [-0.2, -0.15) is 0 Å². The van der Waals surface area contributed by atoms with E-state index in [0.29, 0.717) is 11.8 Å². The van der Waals surface area contributed by atoms with Gasteiger partial charge in [0, 0.05) is 18.4 Å². The summed E-state index contributed by atoms with van der Waals surface area (Å²) >= 11 is 0. The first-order valence-corrected chi connectivity index (χ1v) is 5.06. The molecule has 0 fully saturated rings. The number of nitrogens with zero attached hydrogens (tertiary/aromatic N) is 2. The fraction of sp³-hybridized carbons (Fsp3) is 0.167. The monoisotopic (exact) mass is 215 g/mol. The summed E-state index contributed by atoms with van der Waals surface area (Å²) in [5, 5.41) is 0. The Morgan fingerprint density at radius 1 is 1.19 bits per heavy atom. The summed E-state index contributed by atoms with van der Waals surface area (Å²) in [4.78, 5) is 7.97. The number of rotatable bonds is 3. The molecule has 0 aliphatic rings. The first kappa shape index (κ1) is 10.6. The molecule has 2 rings (SSSR count). The van der Waals surface area contributed by atoms with Crippen LogP contribution >= 0.6 is 0 Å². The molecule has 0 aliphatic heterocycles. The van der Waals surface area contributed by atoms with Crippen molar-refractivity contribution in [2.24, 2.45) is 5.73 Å². The number of benzene rings is 1. The van der Waals surface area contributed by atoms with Crippen molar-refractivity contribution in [2.75, 3.05) is 0 Å². The number of aromatic nitrogens is 2. The molecular weight excluding hydrogens is 202 g/mol. The van der Waals surface area contributed by atoms with Gasteiger partial charge < -0.3 is 10.5 Å². The SMILES string of the molecule is C[C@H](N)c1cccc(Oc2ncccn2)c1. The lowest BCUT2D eigenvalue weighted by molar-refractivity contribution is 0.441. The van der Waals surface area contributed by atoms with Crippen LogP contribution in [0.5, 0.6) is 11.8 Å². The average molecular weight is 215 g/mol. The van der Waals surface area contributed by atoms with Crippen LogP contribution in [0.1, 0.15) is 18.5 Å². The molecule has 1 aromatic carbocycles.